The van der Waals surface area contributed by atoms with Crippen LogP contribution in [0.1, 0.15) is 39.2 Å². The van der Waals surface area contributed by atoms with Crippen molar-refractivity contribution in [3.05, 3.63) is 107 Å². The van der Waals surface area contributed by atoms with Gasteiger partial charge >= 0.3 is 0 Å². The summed E-state index contributed by atoms with van der Waals surface area (Å²) in [5.74, 6) is 0. The van der Waals surface area contributed by atoms with Crippen LogP contribution in [0.5, 0.6) is 0 Å². The Morgan fingerprint density at radius 3 is 2.46 bits per heavy atom. The smallest absolute Gasteiger partial charge is 0.00134 e. The zero-order valence-corrected chi connectivity index (χ0v) is 16.2. The first kappa shape index (κ1) is 18.2. The summed E-state index contributed by atoms with van der Waals surface area (Å²) in [5, 5.41) is 2.64. The number of hydrogen-bond acceptors (Lipinski definition) is 0. The maximum atomic E-state index is 4.15. The molecule has 0 aliphatic heterocycles. The molecule has 0 nitrogen and oxygen atoms in total. The molecule has 2 aromatic carbocycles. The van der Waals surface area contributed by atoms with Crippen LogP contribution in [-0.2, 0) is 6.42 Å². The topological polar surface area (TPSA) is 0 Å². The Bertz CT molecular complexity index is 936. The predicted molar refractivity (Wildman–Crippen MR) is 115 cm³/mol. The highest BCUT2D eigenvalue weighted by Gasteiger charge is 2.14. The average molecular weight is 341 g/mol. The van der Waals surface area contributed by atoms with Crippen molar-refractivity contribution in [1.82, 2.24) is 0 Å². The van der Waals surface area contributed by atoms with Gasteiger partial charge < -0.3 is 0 Å². The monoisotopic (exact) mass is 340 g/mol. The Hall–Kier alpha value is -2.60. The first-order chi connectivity index (χ1) is 12.6. The van der Waals surface area contributed by atoms with E-state index in [0.29, 0.717) is 0 Å². The SMILES string of the molecule is C=C(C)/C=C(/Cc1cccc2ccccc12)C(C1=CCCC=C1)=C(C)C. The standard InChI is InChI=1S/C26H28/c1-19(2)17-24(26(20(3)4)22-12-6-5-7-13-22)18-23-15-10-14-21-11-8-9-16-25(21)23/h6,8-17H,1,5,7,18H2,2-4H3/b24-17-. The van der Waals surface area contributed by atoms with E-state index in [1.165, 1.54) is 38.6 Å². The van der Waals surface area contributed by atoms with Gasteiger partial charge in [-0.05, 0) is 73.1 Å². The second kappa shape index (κ2) is 8.19. The molecule has 0 atom stereocenters. The van der Waals surface area contributed by atoms with Gasteiger partial charge in [0.2, 0.25) is 0 Å². The van der Waals surface area contributed by atoms with E-state index in [1.54, 1.807) is 0 Å². The Morgan fingerprint density at radius 2 is 1.77 bits per heavy atom. The molecule has 26 heavy (non-hydrogen) atoms. The number of rotatable bonds is 5. The molecular formula is C26H28. The van der Waals surface area contributed by atoms with E-state index in [0.717, 1.165) is 24.8 Å². The Morgan fingerprint density at radius 1 is 1.00 bits per heavy atom. The van der Waals surface area contributed by atoms with Gasteiger partial charge in [-0.2, -0.15) is 0 Å². The molecule has 0 saturated heterocycles. The molecule has 3 rings (SSSR count). The molecule has 0 unspecified atom stereocenters. The van der Waals surface area contributed by atoms with Crippen LogP contribution >= 0.6 is 0 Å². The van der Waals surface area contributed by atoms with Gasteiger partial charge in [-0.3, -0.25) is 0 Å². The quantitative estimate of drug-likeness (QED) is 0.494. The van der Waals surface area contributed by atoms with Crippen LogP contribution in [0.3, 0.4) is 0 Å². The van der Waals surface area contributed by atoms with Crippen LogP contribution in [0, 0.1) is 0 Å². The van der Waals surface area contributed by atoms with E-state index in [4.69, 9.17) is 0 Å². The summed E-state index contributed by atoms with van der Waals surface area (Å²) in [7, 11) is 0. The van der Waals surface area contributed by atoms with Gasteiger partial charge in [-0.25, -0.2) is 0 Å². The fourth-order valence-corrected chi connectivity index (χ4v) is 3.75. The molecule has 0 aromatic heterocycles. The van der Waals surface area contributed by atoms with Crippen molar-refractivity contribution in [2.24, 2.45) is 0 Å². The third kappa shape index (κ3) is 4.14. The molecule has 0 spiro atoms. The lowest BCUT2D eigenvalue weighted by atomic mass is 9.85. The van der Waals surface area contributed by atoms with Gasteiger partial charge in [0.05, 0.1) is 0 Å². The van der Waals surface area contributed by atoms with Crippen molar-refractivity contribution in [3.8, 4) is 0 Å². The fraction of sp³-hybridized carbons (Fsp3) is 0.231. The van der Waals surface area contributed by atoms with Crippen LogP contribution in [0.2, 0.25) is 0 Å². The van der Waals surface area contributed by atoms with E-state index >= 15 is 0 Å². The van der Waals surface area contributed by atoms with Gasteiger partial charge in [-0.15, -0.1) is 0 Å². The summed E-state index contributed by atoms with van der Waals surface area (Å²) >= 11 is 0. The summed E-state index contributed by atoms with van der Waals surface area (Å²) in [6.45, 7) is 10.7. The zero-order chi connectivity index (χ0) is 18.5. The number of benzene rings is 2. The highest BCUT2D eigenvalue weighted by atomic mass is 14.2. The molecule has 0 heteroatoms. The first-order valence-corrected chi connectivity index (χ1v) is 9.44. The molecule has 0 bridgehead atoms. The second-order valence-electron chi connectivity index (χ2n) is 7.35. The molecule has 0 fully saturated rings. The van der Waals surface area contributed by atoms with E-state index in [2.05, 4.69) is 94.1 Å². The summed E-state index contributed by atoms with van der Waals surface area (Å²) in [5.41, 5.74) is 7.90. The van der Waals surface area contributed by atoms with Crippen LogP contribution in [0.4, 0.5) is 0 Å². The number of hydrogen-bond donors (Lipinski definition) is 0. The van der Waals surface area contributed by atoms with Gasteiger partial charge in [0.25, 0.3) is 0 Å². The first-order valence-electron chi connectivity index (χ1n) is 9.44. The molecule has 0 radical (unpaired) electrons. The minimum atomic E-state index is 0.917. The summed E-state index contributed by atoms with van der Waals surface area (Å²) in [6.07, 6.45) is 12.4. The van der Waals surface area contributed by atoms with E-state index in [1.807, 2.05) is 0 Å². The van der Waals surface area contributed by atoms with Crippen molar-refractivity contribution in [3.63, 3.8) is 0 Å². The largest absolute Gasteiger partial charge is 0.0961 e. The summed E-state index contributed by atoms with van der Waals surface area (Å²) < 4.78 is 0. The molecular weight excluding hydrogens is 312 g/mol. The molecule has 0 amide bonds. The van der Waals surface area contributed by atoms with Crippen molar-refractivity contribution >= 4 is 10.8 Å². The maximum Gasteiger partial charge on any atom is -0.00134 e. The Labute approximate surface area is 157 Å². The van der Waals surface area contributed by atoms with E-state index < -0.39 is 0 Å². The van der Waals surface area contributed by atoms with Gasteiger partial charge in [0.15, 0.2) is 0 Å². The van der Waals surface area contributed by atoms with Crippen molar-refractivity contribution in [1.29, 1.82) is 0 Å². The lowest BCUT2D eigenvalue weighted by molar-refractivity contribution is 1.01. The van der Waals surface area contributed by atoms with E-state index in [9.17, 15) is 0 Å². The summed E-state index contributed by atoms with van der Waals surface area (Å²) in [6, 6.07) is 15.3. The lowest BCUT2D eigenvalue weighted by Gasteiger charge is -2.19. The zero-order valence-electron chi connectivity index (χ0n) is 16.2. The van der Waals surface area contributed by atoms with Crippen molar-refractivity contribution < 1.29 is 0 Å². The fourth-order valence-electron chi connectivity index (χ4n) is 3.75. The van der Waals surface area contributed by atoms with Crippen molar-refractivity contribution in [2.45, 2.75) is 40.0 Å². The third-order valence-electron chi connectivity index (χ3n) is 4.79. The van der Waals surface area contributed by atoms with E-state index in [-0.39, 0.29) is 0 Å². The normalized spacial score (nSPS) is 14.3. The van der Waals surface area contributed by atoms with Crippen LogP contribution < -0.4 is 0 Å². The number of allylic oxidation sites excluding steroid dienone is 9. The minimum absolute atomic E-state index is 0.917. The molecule has 0 saturated carbocycles. The van der Waals surface area contributed by atoms with Crippen LogP contribution in [0.25, 0.3) is 10.8 Å². The van der Waals surface area contributed by atoms with Crippen LogP contribution in [0.15, 0.2) is 101 Å². The van der Waals surface area contributed by atoms with Crippen molar-refractivity contribution in [2.75, 3.05) is 0 Å². The molecule has 1 aliphatic carbocycles. The maximum absolute atomic E-state index is 4.15. The minimum Gasteiger partial charge on any atom is -0.0961 e. The molecule has 0 N–H and O–H groups in total. The molecule has 0 heterocycles. The predicted octanol–water partition coefficient (Wildman–Crippen LogP) is 7.50. The van der Waals surface area contributed by atoms with Gasteiger partial charge in [-0.1, -0.05) is 84.5 Å². The molecule has 1 aliphatic rings. The average Bonchev–Trinajstić information content (AvgIpc) is 2.62. The lowest BCUT2D eigenvalue weighted by Crippen LogP contribution is -2.02. The highest BCUT2D eigenvalue weighted by molar-refractivity contribution is 5.86. The Balaban J connectivity index is 2.09. The highest BCUT2D eigenvalue weighted by Crippen LogP contribution is 2.32. The third-order valence-corrected chi connectivity index (χ3v) is 4.79. The molecule has 2 aromatic rings. The molecule has 132 valence electrons. The second-order valence-corrected chi connectivity index (χ2v) is 7.35. The van der Waals surface area contributed by atoms with Crippen LogP contribution in [-0.4, -0.2) is 0 Å². The number of fused-ring (bicyclic) bond motifs is 1. The summed E-state index contributed by atoms with van der Waals surface area (Å²) in [4.78, 5) is 0. The van der Waals surface area contributed by atoms with Gasteiger partial charge in [0, 0.05) is 0 Å². The van der Waals surface area contributed by atoms with Gasteiger partial charge in [0.1, 0.15) is 0 Å². The Kier molecular flexibility index (Phi) is 5.73.